The first-order chi connectivity index (χ1) is 15.7. The highest BCUT2D eigenvalue weighted by atomic mass is 16.2. The standard InChI is InChI=1S/C26H32N4O2/c31-24(14-13-19-8-2-1-3-9-19)30-16-7-6-12-23(30)25-27-22-18-29(20-10-4-5-11-20)17-15-21(22)26(32)28-25/h1-3,8-9,13-14,20,23H,4-7,10-12,15-18H2,(H,27,28,32)/b14-13+/t23-/m0/s1. The molecule has 0 spiro atoms. The second-order valence-electron chi connectivity index (χ2n) is 9.32. The molecule has 3 heterocycles. The number of likely N-dealkylation sites (tertiary alicyclic amines) is 1. The van der Waals surface area contributed by atoms with Crippen molar-refractivity contribution in [2.75, 3.05) is 13.1 Å². The van der Waals surface area contributed by atoms with E-state index >= 15 is 0 Å². The summed E-state index contributed by atoms with van der Waals surface area (Å²) in [6.45, 7) is 2.39. The summed E-state index contributed by atoms with van der Waals surface area (Å²) >= 11 is 0. The molecule has 3 aliphatic rings. The van der Waals surface area contributed by atoms with Gasteiger partial charge in [-0.2, -0.15) is 0 Å². The zero-order valence-electron chi connectivity index (χ0n) is 18.6. The highest BCUT2D eigenvalue weighted by Gasteiger charge is 2.32. The van der Waals surface area contributed by atoms with Gasteiger partial charge >= 0.3 is 0 Å². The van der Waals surface area contributed by atoms with Gasteiger partial charge in [0.1, 0.15) is 5.82 Å². The summed E-state index contributed by atoms with van der Waals surface area (Å²) in [5.41, 5.74) is 2.73. The fraction of sp³-hybridized carbons (Fsp3) is 0.500. The van der Waals surface area contributed by atoms with Gasteiger partial charge in [-0.25, -0.2) is 4.98 Å². The molecule has 5 rings (SSSR count). The predicted octanol–water partition coefficient (Wildman–Crippen LogP) is 3.84. The van der Waals surface area contributed by atoms with Crippen molar-refractivity contribution >= 4 is 12.0 Å². The molecule has 6 nitrogen and oxygen atoms in total. The number of hydrogen-bond acceptors (Lipinski definition) is 4. The van der Waals surface area contributed by atoms with Gasteiger partial charge < -0.3 is 9.88 Å². The third kappa shape index (κ3) is 4.42. The monoisotopic (exact) mass is 432 g/mol. The van der Waals surface area contributed by atoms with Crippen molar-refractivity contribution < 1.29 is 4.79 Å². The Labute approximate surface area is 189 Å². The number of rotatable bonds is 4. The first-order valence-electron chi connectivity index (χ1n) is 12.1. The normalized spacial score (nSPS) is 22.4. The van der Waals surface area contributed by atoms with Crippen LogP contribution in [0.1, 0.15) is 73.6 Å². The van der Waals surface area contributed by atoms with E-state index in [-0.39, 0.29) is 17.5 Å². The topological polar surface area (TPSA) is 69.3 Å². The first-order valence-corrected chi connectivity index (χ1v) is 12.1. The Kier molecular flexibility index (Phi) is 6.21. The number of aromatic amines is 1. The van der Waals surface area contributed by atoms with Crippen LogP contribution in [0.25, 0.3) is 6.08 Å². The van der Waals surface area contributed by atoms with Crippen LogP contribution in [-0.2, 0) is 17.8 Å². The summed E-state index contributed by atoms with van der Waals surface area (Å²) < 4.78 is 0. The summed E-state index contributed by atoms with van der Waals surface area (Å²) in [5.74, 6) is 0.634. The molecule has 2 fully saturated rings. The van der Waals surface area contributed by atoms with Crippen molar-refractivity contribution in [1.29, 1.82) is 0 Å². The molecule has 0 radical (unpaired) electrons. The lowest BCUT2D eigenvalue weighted by atomic mass is 9.99. The molecule has 1 amide bonds. The van der Waals surface area contributed by atoms with Gasteiger partial charge in [0.25, 0.3) is 5.56 Å². The van der Waals surface area contributed by atoms with Crippen LogP contribution in [-0.4, -0.2) is 44.8 Å². The number of carbonyl (C=O) groups excluding carboxylic acids is 1. The van der Waals surface area contributed by atoms with E-state index in [1.165, 1.54) is 25.7 Å². The summed E-state index contributed by atoms with van der Waals surface area (Å²) in [5, 5.41) is 0. The number of aromatic nitrogens is 2. The zero-order valence-corrected chi connectivity index (χ0v) is 18.6. The zero-order chi connectivity index (χ0) is 21.9. The number of hydrogen-bond donors (Lipinski definition) is 1. The molecule has 6 heteroatoms. The highest BCUT2D eigenvalue weighted by molar-refractivity contribution is 5.92. The first kappa shape index (κ1) is 21.1. The van der Waals surface area contributed by atoms with Crippen molar-refractivity contribution in [1.82, 2.24) is 19.8 Å². The van der Waals surface area contributed by atoms with Crippen molar-refractivity contribution in [3.63, 3.8) is 0 Å². The third-order valence-electron chi connectivity index (χ3n) is 7.28. The molecule has 1 aromatic heterocycles. The lowest BCUT2D eigenvalue weighted by Gasteiger charge is -2.36. The lowest BCUT2D eigenvalue weighted by molar-refractivity contribution is -0.129. The number of nitrogens with zero attached hydrogens (tertiary/aromatic N) is 3. The molecule has 0 bridgehead atoms. The van der Waals surface area contributed by atoms with E-state index in [9.17, 15) is 9.59 Å². The molecular formula is C26H32N4O2. The molecule has 32 heavy (non-hydrogen) atoms. The Morgan fingerprint density at radius 1 is 1.03 bits per heavy atom. The van der Waals surface area contributed by atoms with Crippen LogP contribution in [0, 0.1) is 0 Å². The maximum atomic E-state index is 13.1. The van der Waals surface area contributed by atoms with Crippen molar-refractivity contribution in [3.05, 3.63) is 69.4 Å². The SMILES string of the molecule is O=C(/C=C/c1ccccc1)N1CCCC[C@H]1c1nc2c(c(=O)[nH]1)CCN(C1CCCC1)C2. The van der Waals surface area contributed by atoms with Crippen molar-refractivity contribution in [3.8, 4) is 0 Å². The van der Waals surface area contributed by atoms with E-state index in [2.05, 4.69) is 9.88 Å². The minimum atomic E-state index is -0.170. The van der Waals surface area contributed by atoms with E-state index in [0.717, 1.165) is 55.6 Å². The van der Waals surface area contributed by atoms with Crippen LogP contribution in [0.4, 0.5) is 0 Å². The quantitative estimate of drug-likeness (QED) is 0.746. The van der Waals surface area contributed by atoms with Crippen molar-refractivity contribution in [2.24, 2.45) is 0 Å². The molecule has 1 saturated carbocycles. The van der Waals surface area contributed by atoms with Gasteiger partial charge in [-0.3, -0.25) is 14.5 Å². The van der Waals surface area contributed by atoms with Gasteiger partial charge in [0.15, 0.2) is 0 Å². The highest BCUT2D eigenvalue weighted by Crippen LogP contribution is 2.31. The van der Waals surface area contributed by atoms with Gasteiger partial charge in [-0.05, 0) is 50.2 Å². The van der Waals surface area contributed by atoms with Crippen LogP contribution in [0.3, 0.4) is 0 Å². The summed E-state index contributed by atoms with van der Waals surface area (Å²) in [7, 11) is 0. The minimum absolute atomic E-state index is 0.0196. The van der Waals surface area contributed by atoms with Gasteiger partial charge in [-0.1, -0.05) is 43.2 Å². The largest absolute Gasteiger partial charge is 0.329 e. The van der Waals surface area contributed by atoms with E-state index < -0.39 is 0 Å². The average molecular weight is 433 g/mol. The molecule has 2 aromatic rings. The predicted molar refractivity (Wildman–Crippen MR) is 125 cm³/mol. The van der Waals surface area contributed by atoms with Gasteiger partial charge in [-0.15, -0.1) is 0 Å². The molecule has 1 aliphatic carbocycles. The molecule has 2 aliphatic heterocycles. The maximum absolute atomic E-state index is 13.1. The second-order valence-corrected chi connectivity index (χ2v) is 9.32. The Morgan fingerprint density at radius 3 is 2.62 bits per heavy atom. The van der Waals surface area contributed by atoms with E-state index in [0.29, 0.717) is 18.4 Å². The fourth-order valence-corrected chi connectivity index (χ4v) is 5.53. The van der Waals surface area contributed by atoms with E-state index in [1.54, 1.807) is 6.08 Å². The Morgan fingerprint density at radius 2 is 1.81 bits per heavy atom. The molecule has 1 saturated heterocycles. The lowest BCUT2D eigenvalue weighted by Crippen LogP contribution is -2.42. The Balaban J connectivity index is 1.38. The number of nitrogens with one attached hydrogen (secondary N) is 1. The molecule has 0 unspecified atom stereocenters. The molecule has 168 valence electrons. The number of H-pyrrole nitrogens is 1. The third-order valence-corrected chi connectivity index (χ3v) is 7.28. The van der Waals surface area contributed by atoms with Crippen LogP contribution in [0.5, 0.6) is 0 Å². The van der Waals surface area contributed by atoms with E-state index in [4.69, 9.17) is 4.98 Å². The molecular weight excluding hydrogens is 400 g/mol. The molecule has 1 N–H and O–H groups in total. The number of piperidine rings is 1. The van der Waals surface area contributed by atoms with Crippen molar-refractivity contribution in [2.45, 2.75) is 70.0 Å². The molecule has 1 atom stereocenters. The van der Waals surface area contributed by atoms with Crippen LogP contribution in [0.2, 0.25) is 0 Å². The smallest absolute Gasteiger partial charge is 0.254 e. The summed E-state index contributed by atoms with van der Waals surface area (Å²) in [6, 6.07) is 10.3. The minimum Gasteiger partial charge on any atom is -0.329 e. The van der Waals surface area contributed by atoms with Gasteiger partial charge in [0, 0.05) is 37.3 Å². The van der Waals surface area contributed by atoms with E-state index in [1.807, 2.05) is 41.3 Å². The molecule has 1 aromatic carbocycles. The number of amides is 1. The Hall–Kier alpha value is -2.73. The number of carbonyl (C=O) groups is 1. The van der Waals surface area contributed by atoms with Crippen LogP contribution < -0.4 is 5.56 Å². The Bertz CT molecular complexity index is 1040. The van der Waals surface area contributed by atoms with Crippen LogP contribution >= 0.6 is 0 Å². The van der Waals surface area contributed by atoms with Gasteiger partial charge in [0.05, 0.1) is 11.7 Å². The summed E-state index contributed by atoms with van der Waals surface area (Å²) in [6.07, 6.45) is 12.2. The number of fused-ring (bicyclic) bond motifs is 1. The van der Waals surface area contributed by atoms with Gasteiger partial charge in [0.2, 0.25) is 5.91 Å². The number of benzene rings is 1. The average Bonchev–Trinajstić information content (AvgIpc) is 3.38. The van der Waals surface area contributed by atoms with Crippen LogP contribution in [0.15, 0.2) is 41.2 Å². The fourth-order valence-electron chi connectivity index (χ4n) is 5.53. The maximum Gasteiger partial charge on any atom is 0.254 e. The summed E-state index contributed by atoms with van der Waals surface area (Å²) in [4.78, 5) is 38.4. The second kappa shape index (κ2) is 9.41.